The van der Waals surface area contributed by atoms with Crippen molar-refractivity contribution in [3.63, 3.8) is 0 Å². The molecule has 4 aromatic rings. The van der Waals surface area contributed by atoms with Crippen LogP contribution in [0.25, 0.3) is 0 Å². The first-order valence-corrected chi connectivity index (χ1v) is 18.8. The summed E-state index contributed by atoms with van der Waals surface area (Å²) in [6.45, 7) is 2.80. The number of ether oxygens (including phenoxy) is 3. The van der Waals surface area contributed by atoms with Gasteiger partial charge in [-0.25, -0.2) is 14.6 Å². The number of hydrogen-bond donors (Lipinski definition) is 1. The van der Waals surface area contributed by atoms with Gasteiger partial charge in [0, 0.05) is 24.2 Å². The van der Waals surface area contributed by atoms with Gasteiger partial charge < -0.3 is 24.5 Å². The third-order valence-corrected chi connectivity index (χ3v) is 11.4. The van der Waals surface area contributed by atoms with Gasteiger partial charge in [-0.2, -0.15) is 4.73 Å². The summed E-state index contributed by atoms with van der Waals surface area (Å²) in [7, 11) is 1.58. The lowest BCUT2D eigenvalue weighted by molar-refractivity contribution is -0.605. The lowest BCUT2D eigenvalue weighted by Gasteiger charge is -2.44. The number of fused-ring (bicyclic) bond motifs is 3. The van der Waals surface area contributed by atoms with Crippen molar-refractivity contribution < 1.29 is 33.6 Å². The molecule has 0 unspecified atom stereocenters. The first kappa shape index (κ1) is 36.8. The molecule has 278 valence electrons. The van der Waals surface area contributed by atoms with Crippen molar-refractivity contribution in [3.8, 4) is 11.5 Å². The number of anilines is 1. The standard InChI is InChI=1S/C40H42Cl2N4O7/c1-51-35-12-10-27(19-36(35)52-28-6-2-3-7-28)30(20-32-33(41)22-45(50)23-34(32)42)31-18-25(9-11-29(31)39(47)48)21-46(38-8-4-5-15-43-38)40(49)53-37-24-44-16-13-26(37)14-17-44/h4-5,8-12,15,18-19,22-23,26,28,30,37H,2-3,6-7,13-14,16-17,20-21,24H2,1H3,(H,47,48)/t30-,37-/m0/s1. The predicted octanol–water partition coefficient (Wildman–Crippen LogP) is 7.66. The molecule has 11 nitrogen and oxygen atoms in total. The number of hydrogen-bond acceptors (Lipinski definition) is 8. The number of carbonyl (C=O) groups is 2. The highest BCUT2D eigenvalue weighted by molar-refractivity contribution is 6.35. The Balaban J connectivity index is 1.29. The number of pyridine rings is 2. The van der Waals surface area contributed by atoms with Gasteiger partial charge in [0.05, 0.1) is 25.3 Å². The Morgan fingerprint density at radius 3 is 2.42 bits per heavy atom. The van der Waals surface area contributed by atoms with Gasteiger partial charge in [-0.3, -0.25) is 9.80 Å². The zero-order chi connectivity index (χ0) is 37.1. The van der Waals surface area contributed by atoms with Gasteiger partial charge in [-0.15, -0.1) is 0 Å². The van der Waals surface area contributed by atoms with Crippen LogP contribution in [0.15, 0.2) is 73.2 Å². The molecule has 3 saturated heterocycles. The summed E-state index contributed by atoms with van der Waals surface area (Å²) in [5.41, 5.74) is 2.40. The molecule has 1 N–H and O–H groups in total. The fourth-order valence-electron chi connectivity index (χ4n) is 7.89. The van der Waals surface area contributed by atoms with Crippen LogP contribution in [0, 0.1) is 11.1 Å². The molecule has 1 aliphatic carbocycles. The Morgan fingerprint density at radius 2 is 1.77 bits per heavy atom. The Hall–Kier alpha value is -4.58. The second-order valence-corrected chi connectivity index (χ2v) is 14.9. The number of methoxy groups -OCH3 is 1. The minimum Gasteiger partial charge on any atom is -0.619 e. The molecule has 5 heterocycles. The maximum atomic E-state index is 14.0. The van der Waals surface area contributed by atoms with E-state index in [0.717, 1.165) is 57.2 Å². The third-order valence-electron chi connectivity index (χ3n) is 10.7. The van der Waals surface area contributed by atoms with E-state index in [2.05, 4.69) is 9.88 Å². The number of benzene rings is 2. The zero-order valence-electron chi connectivity index (χ0n) is 29.5. The molecule has 0 spiro atoms. The number of rotatable bonds is 12. The molecule has 13 heteroatoms. The molecule has 1 amide bonds. The fourth-order valence-corrected chi connectivity index (χ4v) is 8.49. The smallest absolute Gasteiger partial charge is 0.416 e. The van der Waals surface area contributed by atoms with Gasteiger partial charge in [-0.1, -0.05) is 47.5 Å². The lowest BCUT2D eigenvalue weighted by atomic mass is 9.82. The summed E-state index contributed by atoms with van der Waals surface area (Å²) in [6, 6.07) is 15.9. The second-order valence-electron chi connectivity index (χ2n) is 14.0. The van der Waals surface area contributed by atoms with E-state index in [-0.39, 0.29) is 40.8 Å². The number of aromatic nitrogens is 2. The normalized spacial score (nSPS) is 20.2. The molecule has 2 aromatic heterocycles. The highest BCUT2D eigenvalue weighted by atomic mass is 35.5. The second kappa shape index (κ2) is 16.2. The number of halogens is 2. The van der Waals surface area contributed by atoms with Crippen LogP contribution in [0.3, 0.4) is 0 Å². The first-order valence-electron chi connectivity index (χ1n) is 18.1. The molecule has 2 bridgehead atoms. The van der Waals surface area contributed by atoms with Crippen molar-refractivity contribution in [1.29, 1.82) is 0 Å². The minimum atomic E-state index is -1.13. The van der Waals surface area contributed by atoms with E-state index < -0.39 is 18.0 Å². The SMILES string of the molecule is COc1ccc([C@H](Cc2c(Cl)c[n+]([O-])cc2Cl)c2cc(CN(C(=O)O[C@H]3CN4CCC3CC4)c3ccccn3)ccc2C(=O)O)cc1OC1CCCC1. The first-order chi connectivity index (χ1) is 25.7. The molecule has 0 radical (unpaired) electrons. The average Bonchev–Trinajstić information content (AvgIpc) is 3.67. The number of aromatic carboxylic acids is 1. The van der Waals surface area contributed by atoms with Gasteiger partial charge >= 0.3 is 12.1 Å². The van der Waals surface area contributed by atoms with E-state index in [1.807, 2.05) is 18.2 Å². The summed E-state index contributed by atoms with van der Waals surface area (Å²) in [5.74, 6) is 0.0842. The molecule has 4 aliphatic rings. The fraction of sp³-hybridized carbons (Fsp3) is 0.400. The molecule has 1 saturated carbocycles. The topological polar surface area (TPSA) is 128 Å². The molecular formula is C40H42Cl2N4O7. The van der Waals surface area contributed by atoms with Crippen molar-refractivity contribution in [3.05, 3.63) is 116 Å². The van der Waals surface area contributed by atoms with E-state index in [9.17, 15) is 19.9 Å². The van der Waals surface area contributed by atoms with Crippen LogP contribution in [-0.2, 0) is 17.7 Å². The van der Waals surface area contributed by atoms with E-state index in [1.54, 1.807) is 49.7 Å². The number of carboxylic acids is 1. The molecule has 2 atom stereocenters. The summed E-state index contributed by atoms with van der Waals surface area (Å²) in [5, 5.41) is 23.0. The summed E-state index contributed by atoms with van der Waals surface area (Å²) < 4.78 is 18.8. The summed E-state index contributed by atoms with van der Waals surface area (Å²) in [4.78, 5) is 35.1. The quantitative estimate of drug-likeness (QED) is 0.114. The zero-order valence-corrected chi connectivity index (χ0v) is 31.0. The van der Waals surface area contributed by atoms with Crippen molar-refractivity contribution in [2.75, 3.05) is 31.6 Å². The molecule has 3 aliphatic heterocycles. The maximum Gasteiger partial charge on any atom is 0.416 e. The van der Waals surface area contributed by atoms with Gasteiger partial charge in [-0.05, 0) is 111 Å². The van der Waals surface area contributed by atoms with Gasteiger partial charge in [0.25, 0.3) is 0 Å². The van der Waals surface area contributed by atoms with Crippen LogP contribution >= 0.6 is 23.2 Å². The minimum absolute atomic E-state index is 0.0410. The lowest BCUT2D eigenvalue weighted by Crippen LogP contribution is -2.53. The van der Waals surface area contributed by atoms with Crippen LogP contribution in [0.4, 0.5) is 10.6 Å². The molecule has 8 rings (SSSR count). The third kappa shape index (κ3) is 8.32. The predicted molar refractivity (Wildman–Crippen MR) is 200 cm³/mol. The number of piperidine rings is 3. The molecule has 53 heavy (non-hydrogen) atoms. The Bertz CT molecular complexity index is 1930. The van der Waals surface area contributed by atoms with Gasteiger partial charge in [0.2, 0.25) is 0 Å². The van der Waals surface area contributed by atoms with Crippen molar-refractivity contribution in [1.82, 2.24) is 9.88 Å². The van der Waals surface area contributed by atoms with E-state index in [1.165, 1.54) is 17.3 Å². The molecular weight excluding hydrogens is 719 g/mol. The average molecular weight is 762 g/mol. The number of carbonyl (C=O) groups excluding carboxylic acids is 1. The number of nitrogens with zero attached hydrogens (tertiary/aromatic N) is 4. The van der Waals surface area contributed by atoms with E-state index in [4.69, 9.17) is 37.4 Å². The number of carboxylic acid groups (broad SMARTS) is 1. The van der Waals surface area contributed by atoms with E-state index >= 15 is 0 Å². The summed E-state index contributed by atoms with van der Waals surface area (Å²) >= 11 is 13.2. The van der Waals surface area contributed by atoms with Gasteiger partial charge in [0.1, 0.15) is 22.0 Å². The van der Waals surface area contributed by atoms with Crippen LogP contribution in [0.5, 0.6) is 11.5 Å². The molecule has 4 fully saturated rings. The highest BCUT2D eigenvalue weighted by Gasteiger charge is 2.38. The van der Waals surface area contributed by atoms with Crippen molar-refractivity contribution in [2.24, 2.45) is 5.92 Å². The van der Waals surface area contributed by atoms with Crippen LogP contribution in [-0.4, -0.2) is 66.0 Å². The summed E-state index contributed by atoms with van der Waals surface area (Å²) in [6.07, 6.45) is 9.55. The van der Waals surface area contributed by atoms with Crippen molar-refractivity contribution >= 4 is 41.1 Å². The number of amides is 1. The Morgan fingerprint density at radius 1 is 1.02 bits per heavy atom. The van der Waals surface area contributed by atoms with Crippen LogP contribution < -0.4 is 19.1 Å². The van der Waals surface area contributed by atoms with Crippen LogP contribution in [0.2, 0.25) is 10.0 Å². The van der Waals surface area contributed by atoms with Crippen molar-refractivity contribution in [2.45, 2.75) is 69.6 Å². The van der Waals surface area contributed by atoms with Gasteiger partial charge in [0.15, 0.2) is 23.9 Å². The monoisotopic (exact) mass is 760 g/mol. The van der Waals surface area contributed by atoms with Crippen LogP contribution in [0.1, 0.15) is 77.1 Å². The largest absolute Gasteiger partial charge is 0.619 e. The maximum absolute atomic E-state index is 14.0. The Kier molecular flexibility index (Phi) is 11.2. The highest BCUT2D eigenvalue weighted by Crippen LogP contribution is 2.40. The molecule has 2 aromatic carbocycles. The Labute approximate surface area is 318 Å². The van der Waals surface area contributed by atoms with E-state index in [0.29, 0.717) is 51.2 Å².